The molecule has 0 aromatic rings. The largest absolute Gasteiger partial charge is 0.370 e. The highest BCUT2D eigenvalue weighted by atomic mass is 14.2. The van der Waals surface area contributed by atoms with Gasteiger partial charge in [0.05, 0.1) is 0 Å². The van der Waals surface area contributed by atoms with Crippen LogP contribution < -0.4 is 12.3 Å². The molecule has 0 fully saturated rings. The average Bonchev–Trinajstić information content (AvgIpc) is 1.41. The molecule has 6 N–H and O–H groups in total. The summed E-state index contributed by atoms with van der Waals surface area (Å²) in [6, 6.07) is 0. The molecule has 0 aliphatic rings. The minimum Gasteiger partial charge on any atom is -0.344 e. The molecule has 0 aromatic carbocycles. The Kier molecular flexibility index (Phi) is 48.3. The maximum absolute atomic E-state index is 7.59. The maximum Gasteiger partial charge on any atom is 0.370 e. The Morgan fingerprint density at radius 3 is 1.29 bits per heavy atom. The van der Waals surface area contributed by atoms with Gasteiger partial charge in [-0.25, -0.2) is 10.5 Å². The molecule has 0 rings (SSSR count). The minimum atomic E-state index is 0. The standard InChI is InChI=1S/C2HBN2.2H3N/c4-1-3-2-5;;/h3H;2*1H3. The van der Waals surface area contributed by atoms with Crippen molar-refractivity contribution >= 4 is 7.28 Å². The molecular weight excluding hydrogens is 90.9 g/mol. The molecule has 0 radical (unpaired) electrons. The quantitative estimate of drug-likeness (QED) is 0.404. The zero-order chi connectivity index (χ0) is 4.12. The Labute approximate surface area is 43.1 Å². The number of hydrogen-bond donors (Lipinski definition) is 2. The van der Waals surface area contributed by atoms with Crippen LogP contribution in [0.15, 0.2) is 0 Å². The molecule has 0 aliphatic carbocycles. The lowest BCUT2D eigenvalue weighted by Crippen LogP contribution is -1.70. The summed E-state index contributed by atoms with van der Waals surface area (Å²) in [5.41, 5.74) is 0. The van der Waals surface area contributed by atoms with Crippen LogP contribution in [-0.4, -0.2) is 7.28 Å². The summed E-state index contributed by atoms with van der Waals surface area (Å²) < 4.78 is 0. The number of rotatable bonds is 0. The van der Waals surface area contributed by atoms with Crippen molar-refractivity contribution in [2.75, 3.05) is 0 Å². The van der Waals surface area contributed by atoms with Gasteiger partial charge in [-0.05, 0) is 0 Å². The van der Waals surface area contributed by atoms with E-state index >= 15 is 0 Å². The summed E-state index contributed by atoms with van der Waals surface area (Å²) in [7, 11) is 0. The molecule has 0 aliphatic heterocycles. The molecule has 0 saturated carbocycles. The van der Waals surface area contributed by atoms with Crippen LogP contribution in [0.1, 0.15) is 0 Å². The summed E-state index contributed by atoms with van der Waals surface area (Å²) in [4.78, 5) is 0. The van der Waals surface area contributed by atoms with Gasteiger partial charge in [0.1, 0.15) is 0 Å². The molecule has 5 heteroatoms. The van der Waals surface area contributed by atoms with E-state index in [0.29, 0.717) is 0 Å². The van der Waals surface area contributed by atoms with E-state index in [0.717, 1.165) is 0 Å². The van der Waals surface area contributed by atoms with Gasteiger partial charge in [-0.3, -0.25) is 0 Å². The van der Waals surface area contributed by atoms with Gasteiger partial charge < -0.3 is 12.3 Å². The molecule has 0 aromatic heterocycles. The Bertz CT molecular complexity index is 74.8. The lowest BCUT2D eigenvalue weighted by Gasteiger charge is -1.39. The molecule has 4 nitrogen and oxygen atoms in total. The third kappa shape index (κ3) is 46.9. The molecule has 0 bridgehead atoms. The molecule has 0 saturated heterocycles. The normalized spacial score (nSPS) is 2.57. The first kappa shape index (κ1) is 16.7. The topological polar surface area (TPSA) is 118 Å². The summed E-state index contributed by atoms with van der Waals surface area (Å²) in [5.74, 6) is 3.31. The second-order valence-electron chi connectivity index (χ2n) is 0.493. The van der Waals surface area contributed by atoms with Gasteiger partial charge in [0.2, 0.25) is 0 Å². The van der Waals surface area contributed by atoms with E-state index in [4.69, 9.17) is 10.5 Å². The minimum absolute atomic E-state index is 0. The van der Waals surface area contributed by atoms with Crippen molar-refractivity contribution in [2.45, 2.75) is 0 Å². The first-order valence-corrected chi connectivity index (χ1v) is 1.15. The van der Waals surface area contributed by atoms with Gasteiger partial charge in [0, 0.05) is 11.9 Å². The van der Waals surface area contributed by atoms with Crippen LogP contribution in [-0.2, 0) is 0 Å². The highest BCUT2D eigenvalue weighted by Crippen LogP contribution is 1.38. The van der Waals surface area contributed by atoms with E-state index in [9.17, 15) is 0 Å². The monoisotopic (exact) mass is 98.1 g/mol. The van der Waals surface area contributed by atoms with Crippen LogP contribution in [0, 0.1) is 22.5 Å². The van der Waals surface area contributed by atoms with Crippen LogP contribution in [0.5, 0.6) is 0 Å². The van der Waals surface area contributed by atoms with Gasteiger partial charge in [-0.15, -0.1) is 0 Å². The molecule has 0 spiro atoms. The zero-order valence-corrected chi connectivity index (χ0v) is 4.02. The van der Waals surface area contributed by atoms with Crippen molar-refractivity contribution < 1.29 is 0 Å². The van der Waals surface area contributed by atoms with E-state index < -0.39 is 0 Å². The molecule has 0 heterocycles. The lowest BCUT2D eigenvalue weighted by atomic mass is 9.85. The SMILES string of the molecule is N.N.N#CBC#N. The third-order valence-electron chi connectivity index (χ3n) is 0.158. The van der Waals surface area contributed by atoms with Crippen molar-refractivity contribution in [1.29, 1.82) is 10.5 Å². The van der Waals surface area contributed by atoms with E-state index in [1.807, 2.05) is 0 Å². The molecule has 0 amide bonds. The Morgan fingerprint density at radius 1 is 1.00 bits per heavy atom. The Balaban J connectivity index is -0.0000000800. The molecular formula is C2H7BN4. The smallest absolute Gasteiger partial charge is 0.344 e. The fourth-order valence-corrected chi connectivity index (χ4v) is 0.0354. The van der Waals surface area contributed by atoms with Crippen molar-refractivity contribution in [3.05, 3.63) is 0 Å². The van der Waals surface area contributed by atoms with E-state index in [1.165, 1.54) is 0 Å². The zero-order valence-electron chi connectivity index (χ0n) is 4.02. The second-order valence-corrected chi connectivity index (χ2v) is 0.493. The summed E-state index contributed by atoms with van der Waals surface area (Å²) in [6.45, 7) is 0. The molecule has 0 unspecified atom stereocenters. The van der Waals surface area contributed by atoms with Gasteiger partial charge in [0.25, 0.3) is 0 Å². The van der Waals surface area contributed by atoms with Crippen LogP contribution in [0.25, 0.3) is 0 Å². The van der Waals surface area contributed by atoms with Crippen LogP contribution >= 0.6 is 0 Å². The van der Waals surface area contributed by atoms with Crippen LogP contribution in [0.4, 0.5) is 0 Å². The summed E-state index contributed by atoms with van der Waals surface area (Å²) in [6.07, 6.45) is 0. The van der Waals surface area contributed by atoms with Crippen molar-refractivity contribution in [3.8, 4) is 11.9 Å². The maximum atomic E-state index is 7.59. The highest BCUT2D eigenvalue weighted by Gasteiger charge is 1.70. The van der Waals surface area contributed by atoms with Crippen molar-refractivity contribution in [1.82, 2.24) is 12.3 Å². The fourth-order valence-electron chi connectivity index (χ4n) is 0.0354. The Hall–Kier alpha value is -1.04. The average molecular weight is 97.9 g/mol. The lowest BCUT2D eigenvalue weighted by molar-refractivity contribution is 1.55. The third-order valence-corrected chi connectivity index (χ3v) is 0.158. The van der Waals surface area contributed by atoms with Crippen molar-refractivity contribution in [2.24, 2.45) is 0 Å². The molecule has 0 atom stereocenters. The Morgan fingerprint density at radius 2 is 1.29 bits per heavy atom. The number of hydrogen-bond acceptors (Lipinski definition) is 4. The summed E-state index contributed by atoms with van der Waals surface area (Å²) in [5, 5.41) is 15.2. The number of nitrogens with zero attached hydrogens (tertiary/aromatic N) is 2. The second kappa shape index (κ2) is 20.2. The van der Waals surface area contributed by atoms with Gasteiger partial charge in [0.15, 0.2) is 0 Å². The van der Waals surface area contributed by atoms with E-state index in [1.54, 1.807) is 11.9 Å². The van der Waals surface area contributed by atoms with Crippen LogP contribution in [0.3, 0.4) is 0 Å². The predicted molar refractivity (Wildman–Crippen MR) is 28.4 cm³/mol. The van der Waals surface area contributed by atoms with E-state index in [2.05, 4.69) is 0 Å². The van der Waals surface area contributed by atoms with Gasteiger partial charge in [-0.1, -0.05) is 0 Å². The van der Waals surface area contributed by atoms with Crippen molar-refractivity contribution in [3.63, 3.8) is 0 Å². The van der Waals surface area contributed by atoms with Gasteiger partial charge >= 0.3 is 7.28 Å². The first-order valence-electron chi connectivity index (χ1n) is 1.15. The summed E-state index contributed by atoms with van der Waals surface area (Å²) >= 11 is 0. The number of nitriles is 2. The van der Waals surface area contributed by atoms with Gasteiger partial charge in [-0.2, -0.15) is 0 Å². The van der Waals surface area contributed by atoms with Crippen LogP contribution in [0.2, 0.25) is 0 Å². The molecule has 38 valence electrons. The first-order chi connectivity index (χ1) is 2.41. The highest BCUT2D eigenvalue weighted by molar-refractivity contribution is 6.53. The fraction of sp³-hybridized carbons (Fsp3) is 0. The van der Waals surface area contributed by atoms with E-state index in [-0.39, 0.29) is 19.6 Å². The molecule has 7 heavy (non-hydrogen) atoms. The predicted octanol–water partition coefficient (Wildman–Crippen LogP) is -0.291.